The highest BCUT2D eigenvalue weighted by Crippen LogP contribution is 2.06. The topological polar surface area (TPSA) is 92.3 Å². The molecule has 0 fully saturated rings. The lowest BCUT2D eigenvalue weighted by Gasteiger charge is -1.94. The molecule has 0 N–H and O–H groups in total. The summed E-state index contributed by atoms with van der Waals surface area (Å²) in [5.41, 5.74) is 0.670. The molecule has 0 aromatic carbocycles. The average Bonchev–Trinajstić information content (AvgIpc) is 2.99. The smallest absolute Gasteiger partial charge is 0.377 e. The van der Waals surface area contributed by atoms with E-state index in [2.05, 4.69) is 20.0 Å². The van der Waals surface area contributed by atoms with Gasteiger partial charge in [0.1, 0.15) is 18.6 Å². The van der Waals surface area contributed by atoms with Crippen molar-refractivity contribution >= 4 is 5.97 Å². The Hall–Kier alpha value is -2.22. The molecule has 8 nitrogen and oxygen atoms in total. The maximum Gasteiger partial charge on any atom is 0.377 e. The van der Waals surface area contributed by atoms with Crippen LogP contribution in [0.15, 0.2) is 16.9 Å². The van der Waals surface area contributed by atoms with Crippen LogP contribution < -0.4 is 0 Å². The van der Waals surface area contributed by atoms with Crippen LogP contribution in [0.3, 0.4) is 0 Å². The molecule has 18 heavy (non-hydrogen) atoms. The molecule has 0 amide bonds. The van der Waals surface area contributed by atoms with Crippen LogP contribution in [0.25, 0.3) is 0 Å². The lowest BCUT2D eigenvalue weighted by atomic mass is 10.4. The number of rotatable bonds is 5. The summed E-state index contributed by atoms with van der Waals surface area (Å²) in [5, 5.41) is 7.79. The zero-order valence-electron chi connectivity index (χ0n) is 9.99. The Kier molecular flexibility index (Phi) is 3.68. The molecule has 0 aliphatic heterocycles. The second kappa shape index (κ2) is 5.41. The fourth-order valence-corrected chi connectivity index (χ4v) is 1.36. The summed E-state index contributed by atoms with van der Waals surface area (Å²) in [6, 6.07) is 1.75. The number of esters is 1. The number of methoxy groups -OCH3 is 2. The highest BCUT2D eigenvalue weighted by atomic mass is 16.5. The predicted octanol–water partition coefficient (Wildman–Crippen LogP) is 0.247. The van der Waals surface area contributed by atoms with E-state index in [-0.39, 0.29) is 5.82 Å². The summed E-state index contributed by atoms with van der Waals surface area (Å²) in [4.78, 5) is 15.0. The molecule has 0 bridgehead atoms. The summed E-state index contributed by atoms with van der Waals surface area (Å²) in [6.45, 7) is 0.717. The number of hydrogen-bond acceptors (Lipinski definition) is 7. The third kappa shape index (κ3) is 2.72. The second-order valence-corrected chi connectivity index (χ2v) is 3.47. The standard InChI is InChI=1S/C10H12N4O4/c1-16-5-8-3-7(13-18-8)4-14-6-11-9(12-14)10(15)17-2/h3,6H,4-5H2,1-2H3. The first-order valence-corrected chi connectivity index (χ1v) is 5.14. The number of ether oxygens (including phenoxy) is 2. The van der Waals surface area contributed by atoms with Crippen molar-refractivity contribution < 1.29 is 18.8 Å². The van der Waals surface area contributed by atoms with E-state index < -0.39 is 5.97 Å². The largest absolute Gasteiger partial charge is 0.463 e. The highest BCUT2D eigenvalue weighted by molar-refractivity contribution is 5.84. The molecule has 0 saturated carbocycles. The van der Waals surface area contributed by atoms with Crippen LogP contribution >= 0.6 is 0 Å². The van der Waals surface area contributed by atoms with Crippen molar-refractivity contribution in [3.63, 3.8) is 0 Å². The van der Waals surface area contributed by atoms with Crippen LogP contribution in [0.4, 0.5) is 0 Å². The molecule has 2 heterocycles. The van der Waals surface area contributed by atoms with E-state index in [0.717, 1.165) is 0 Å². The number of carbonyl (C=O) groups excluding carboxylic acids is 1. The fourth-order valence-electron chi connectivity index (χ4n) is 1.36. The molecule has 0 radical (unpaired) electrons. The minimum absolute atomic E-state index is 0.0121. The van der Waals surface area contributed by atoms with Crippen molar-refractivity contribution in [2.45, 2.75) is 13.2 Å². The van der Waals surface area contributed by atoms with E-state index in [4.69, 9.17) is 9.26 Å². The second-order valence-electron chi connectivity index (χ2n) is 3.47. The van der Waals surface area contributed by atoms with Crippen molar-refractivity contribution in [1.82, 2.24) is 19.9 Å². The number of aromatic nitrogens is 4. The van der Waals surface area contributed by atoms with Gasteiger partial charge in [-0.1, -0.05) is 5.16 Å². The summed E-state index contributed by atoms with van der Waals surface area (Å²) in [7, 11) is 2.85. The van der Waals surface area contributed by atoms with Gasteiger partial charge in [0.25, 0.3) is 5.82 Å². The first-order chi connectivity index (χ1) is 8.72. The monoisotopic (exact) mass is 252 g/mol. The highest BCUT2D eigenvalue weighted by Gasteiger charge is 2.12. The zero-order chi connectivity index (χ0) is 13.0. The van der Waals surface area contributed by atoms with Crippen molar-refractivity contribution in [3.05, 3.63) is 29.7 Å². The minimum Gasteiger partial charge on any atom is -0.463 e. The molecular weight excluding hydrogens is 240 g/mol. The summed E-state index contributed by atoms with van der Waals surface area (Å²) >= 11 is 0. The van der Waals surface area contributed by atoms with Crippen molar-refractivity contribution in [1.29, 1.82) is 0 Å². The SMILES string of the molecule is COCc1cc(Cn2cnc(C(=O)OC)n2)no1. The van der Waals surface area contributed by atoms with Gasteiger partial charge >= 0.3 is 5.97 Å². The van der Waals surface area contributed by atoms with Crippen molar-refractivity contribution in [2.24, 2.45) is 0 Å². The number of carbonyl (C=O) groups is 1. The Labute approximate surface area is 102 Å². The molecule has 2 aromatic heterocycles. The fraction of sp³-hybridized carbons (Fsp3) is 0.400. The Morgan fingerprint density at radius 1 is 1.50 bits per heavy atom. The van der Waals surface area contributed by atoms with Gasteiger partial charge in [0.15, 0.2) is 5.76 Å². The Morgan fingerprint density at radius 2 is 2.33 bits per heavy atom. The molecule has 0 saturated heterocycles. The van der Waals surface area contributed by atoms with Gasteiger partial charge in [-0.25, -0.2) is 14.5 Å². The van der Waals surface area contributed by atoms with Gasteiger partial charge in [0.05, 0.1) is 13.7 Å². The van der Waals surface area contributed by atoms with E-state index in [1.165, 1.54) is 18.1 Å². The van der Waals surface area contributed by atoms with Crippen LogP contribution in [-0.4, -0.2) is 40.1 Å². The maximum absolute atomic E-state index is 11.2. The zero-order valence-corrected chi connectivity index (χ0v) is 9.99. The van der Waals surface area contributed by atoms with Gasteiger partial charge in [0, 0.05) is 13.2 Å². The normalized spacial score (nSPS) is 10.6. The first kappa shape index (κ1) is 12.2. The lowest BCUT2D eigenvalue weighted by molar-refractivity contribution is 0.0586. The summed E-state index contributed by atoms with van der Waals surface area (Å²) in [6.07, 6.45) is 1.43. The maximum atomic E-state index is 11.2. The van der Waals surface area contributed by atoms with E-state index >= 15 is 0 Å². The average molecular weight is 252 g/mol. The van der Waals surface area contributed by atoms with Gasteiger partial charge in [0.2, 0.25) is 0 Å². The lowest BCUT2D eigenvalue weighted by Crippen LogP contribution is -2.06. The van der Waals surface area contributed by atoms with Crippen LogP contribution in [0.2, 0.25) is 0 Å². The molecular formula is C10H12N4O4. The third-order valence-corrected chi connectivity index (χ3v) is 2.12. The molecule has 2 rings (SSSR count). The quantitative estimate of drug-likeness (QED) is 0.704. The summed E-state index contributed by atoms with van der Waals surface area (Å²) in [5.74, 6) is 0.0629. The molecule has 0 aliphatic carbocycles. The molecule has 8 heteroatoms. The number of hydrogen-bond donors (Lipinski definition) is 0. The van der Waals surface area contributed by atoms with Gasteiger partial charge in [-0.2, -0.15) is 0 Å². The van der Waals surface area contributed by atoms with Gasteiger partial charge in [-0.05, 0) is 0 Å². The van der Waals surface area contributed by atoms with Crippen LogP contribution in [-0.2, 0) is 22.6 Å². The first-order valence-electron chi connectivity index (χ1n) is 5.14. The molecule has 0 aliphatic rings. The van der Waals surface area contributed by atoms with Gasteiger partial charge < -0.3 is 14.0 Å². The third-order valence-electron chi connectivity index (χ3n) is 2.12. The molecule has 0 unspecified atom stereocenters. The van der Waals surface area contributed by atoms with Gasteiger partial charge in [-0.15, -0.1) is 5.10 Å². The van der Waals surface area contributed by atoms with Crippen LogP contribution in [0, 0.1) is 0 Å². The van der Waals surface area contributed by atoms with Crippen molar-refractivity contribution in [3.8, 4) is 0 Å². The van der Waals surface area contributed by atoms with Crippen LogP contribution in [0.1, 0.15) is 22.1 Å². The van der Waals surface area contributed by atoms with E-state index in [9.17, 15) is 4.79 Å². The van der Waals surface area contributed by atoms with E-state index in [1.807, 2.05) is 0 Å². The minimum atomic E-state index is -0.575. The molecule has 2 aromatic rings. The van der Waals surface area contributed by atoms with E-state index in [1.54, 1.807) is 13.2 Å². The Bertz CT molecular complexity index is 533. The van der Waals surface area contributed by atoms with Crippen molar-refractivity contribution in [2.75, 3.05) is 14.2 Å². The molecule has 0 spiro atoms. The van der Waals surface area contributed by atoms with Crippen LogP contribution in [0.5, 0.6) is 0 Å². The molecule has 96 valence electrons. The summed E-state index contributed by atoms with van der Waals surface area (Å²) < 4.78 is 15.9. The van der Waals surface area contributed by atoms with E-state index in [0.29, 0.717) is 24.6 Å². The molecule has 0 atom stereocenters. The Balaban J connectivity index is 2.04. The predicted molar refractivity (Wildman–Crippen MR) is 57.7 cm³/mol. The van der Waals surface area contributed by atoms with Gasteiger partial charge in [-0.3, -0.25) is 0 Å². The Morgan fingerprint density at radius 3 is 3.06 bits per heavy atom. The number of nitrogens with zero attached hydrogens (tertiary/aromatic N) is 4.